The zero-order valence-corrected chi connectivity index (χ0v) is 13.4. The standard InChI is InChI=1S/C17H15N5O3/c1-11(23)13-4-2-12(3-5-13)9-22-7-6-14(10-22)15(24)8-16(25)17-18-20-21-19-17/h2-8,10,25H,9H2,1H3,(H,18,19,20,21). The van der Waals surface area contributed by atoms with Crippen molar-refractivity contribution >= 4 is 17.3 Å². The van der Waals surface area contributed by atoms with Crippen molar-refractivity contribution in [1.82, 2.24) is 25.2 Å². The summed E-state index contributed by atoms with van der Waals surface area (Å²) in [5, 5.41) is 22.5. The third-order valence-electron chi connectivity index (χ3n) is 3.60. The number of aliphatic hydroxyl groups is 1. The van der Waals surface area contributed by atoms with Crippen LogP contribution < -0.4 is 0 Å². The van der Waals surface area contributed by atoms with Gasteiger partial charge in [-0.25, -0.2) is 0 Å². The molecule has 0 aliphatic carbocycles. The van der Waals surface area contributed by atoms with Crippen molar-refractivity contribution in [3.8, 4) is 0 Å². The first-order valence-electron chi connectivity index (χ1n) is 7.47. The number of aromatic amines is 1. The number of carbonyl (C=O) groups excluding carboxylic acids is 2. The van der Waals surface area contributed by atoms with Crippen LogP contribution in [0.2, 0.25) is 0 Å². The molecule has 0 saturated carbocycles. The van der Waals surface area contributed by atoms with Gasteiger partial charge in [0.05, 0.1) is 0 Å². The third kappa shape index (κ3) is 3.86. The highest BCUT2D eigenvalue weighted by molar-refractivity contribution is 6.07. The maximum absolute atomic E-state index is 12.2. The van der Waals surface area contributed by atoms with Gasteiger partial charge in [-0.1, -0.05) is 24.3 Å². The van der Waals surface area contributed by atoms with Gasteiger partial charge in [-0.05, 0) is 23.8 Å². The summed E-state index contributed by atoms with van der Waals surface area (Å²) in [6, 6.07) is 8.96. The normalized spacial score (nSPS) is 11.5. The van der Waals surface area contributed by atoms with Crippen LogP contribution in [-0.2, 0) is 6.54 Å². The fraction of sp³-hybridized carbons (Fsp3) is 0.118. The fourth-order valence-corrected chi connectivity index (χ4v) is 2.28. The summed E-state index contributed by atoms with van der Waals surface area (Å²) in [5.74, 6) is -0.744. The minimum absolute atomic E-state index is 0.0218. The topological polar surface area (TPSA) is 114 Å². The molecule has 25 heavy (non-hydrogen) atoms. The lowest BCUT2D eigenvalue weighted by molar-refractivity contribution is 0.101. The van der Waals surface area contributed by atoms with Crippen molar-refractivity contribution in [2.24, 2.45) is 0 Å². The van der Waals surface area contributed by atoms with Gasteiger partial charge in [0.1, 0.15) is 0 Å². The molecule has 8 heteroatoms. The average molecular weight is 337 g/mol. The molecule has 0 spiro atoms. The van der Waals surface area contributed by atoms with E-state index in [9.17, 15) is 14.7 Å². The molecular formula is C17H15N5O3. The number of rotatable bonds is 6. The second kappa shape index (κ2) is 6.91. The average Bonchev–Trinajstić information content (AvgIpc) is 3.27. The number of nitrogens with zero attached hydrogens (tertiary/aromatic N) is 4. The van der Waals surface area contributed by atoms with Gasteiger partial charge in [0.25, 0.3) is 0 Å². The van der Waals surface area contributed by atoms with Crippen LogP contribution in [0, 0.1) is 0 Å². The number of Topliss-reactive ketones (excluding diaryl/α,β-unsaturated/α-hetero) is 1. The number of allylic oxidation sites excluding steroid dienone is 1. The first kappa shape index (κ1) is 16.3. The van der Waals surface area contributed by atoms with Crippen molar-refractivity contribution < 1.29 is 14.7 Å². The first-order valence-corrected chi connectivity index (χ1v) is 7.47. The highest BCUT2D eigenvalue weighted by Crippen LogP contribution is 2.11. The Morgan fingerprint density at radius 3 is 2.60 bits per heavy atom. The monoisotopic (exact) mass is 337 g/mol. The molecule has 0 atom stereocenters. The van der Waals surface area contributed by atoms with Crippen LogP contribution in [0.5, 0.6) is 0 Å². The minimum atomic E-state index is -0.368. The predicted octanol–water partition coefficient (Wildman–Crippen LogP) is 2.03. The lowest BCUT2D eigenvalue weighted by Crippen LogP contribution is -1.99. The van der Waals surface area contributed by atoms with Gasteiger partial charge >= 0.3 is 0 Å². The summed E-state index contributed by atoms with van der Waals surface area (Å²) in [6.07, 6.45) is 4.50. The number of aromatic nitrogens is 5. The van der Waals surface area contributed by atoms with Crippen molar-refractivity contribution in [2.75, 3.05) is 0 Å². The van der Waals surface area contributed by atoms with Gasteiger partial charge in [0.15, 0.2) is 17.3 Å². The molecular weight excluding hydrogens is 322 g/mol. The van der Waals surface area contributed by atoms with E-state index >= 15 is 0 Å². The number of carbonyl (C=O) groups is 2. The molecule has 0 aliphatic heterocycles. The fourth-order valence-electron chi connectivity index (χ4n) is 2.28. The summed E-state index contributed by atoms with van der Waals surface area (Å²) < 4.78 is 1.84. The van der Waals surface area contributed by atoms with Crippen LogP contribution in [0.25, 0.3) is 5.76 Å². The van der Waals surface area contributed by atoms with E-state index in [1.165, 1.54) is 6.92 Å². The van der Waals surface area contributed by atoms with Gasteiger partial charge < -0.3 is 9.67 Å². The number of aliphatic hydroxyl groups excluding tert-OH is 1. The van der Waals surface area contributed by atoms with Gasteiger partial charge in [0, 0.05) is 36.1 Å². The molecule has 126 valence electrons. The Labute approximate surface area is 142 Å². The van der Waals surface area contributed by atoms with Crippen molar-refractivity contribution in [1.29, 1.82) is 0 Å². The first-order chi connectivity index (χ1) is 12.0. The minimum Gasteiger partial charge on any atom is -0.504 e. The second-order valence-corrected chi connectivity index (χ2v) is 5.45. The molecule has 0 fully saturated rings. The highest BCUT2D eigenvalue weighted by atomic mass is 16.3. The molecule has 0 radical (unpaired) electrons. The molecule has 0 bridgehead atoms. The molecule has 8 nitrogen and oxygen atoms in total. The number of nitrogens with one attached hydrogen (secondary N) is 1. The lowest BCUT2D eigenvalue weighted by Gasteiger charge is -2.04. The van der Waals surface area contributed by atoms with Crippen LogP contribution in [0.4, 0.5) is 0 Å². The molecule has 3 aromatic rings. The number of ketones is 2. The maximum Gasteiger partial charge on any atom is 0.239 e. The summed E-state index contributed by atoms with van der Waals surface area (Å²) in [7, 11) is 0. The van der Waals surface area contributed by atoms with E-state index < -0.39 is 0 Å². The van der Waals surface area contributed by atoms with Gasteiger partial charge in [-0.3, -0.25) is 9.59 Å². The Kier molecular flexibility index (Phi) is 4.51. The van der Waals surface area contributed by atoms with Crippen LogP contribution in [0.3, 0.4) is 0 Å². The van der Waals surface area contributed by atoms with Gasteiger partial charge in [0.2, 0.25) is 5.82 Å². The van der Waals surface area contributed by atoms with Crippen molar-refractivity contribution in [2.45, 2.75) is 13.5 Å². The molecule has 3 rings (SSSR count). The third-order valence-corrected chi connectivity index (χ3v) is 3.60. The lowest BCUT2D eigenvalue weighted by atomic mass is 10.1. The quantitative estimate of drug-likeness (QED) is 0.404. The Morgan fingerprint density at radius 2 is 1.96 bits per heavy atom. The molecule has 1 aromatic carbocycles. The van der Waals surface area contributed by atoms with E-state index in [1.54, 1.807) is 30.6 Å². The summed E-state index contributed by atoms with van der Waals surface area (Å²) in [6.45, 7) is 2.09. The SMILES string of the molecule is CC(=O)c1ccc(Cn2ccc(C(=O)C=C(O)c3nn[nH]n3)c2)cc1. The number of hydrogen-bond acceptors (Lipinski definition) is 6. The molecule has 2 heterocycles. The highest BCUT2D eigenvalue weighted by Gasteiger charge is 2.10. The zero-order valence-electron chi connectivity index (χ0n) is 13.4. The maximum atomic E-state index is 12.2. The largest absolute Gasteiger partial charge is 0.504 e. The summed E-state index contributed by atoms with van der Waals surface area (Å²) in [5.41, 5.74) is 2.09. The van der Waals surface area contributed by atoms with E-state index in [2.05, 4.69) is 20.6 Å². The Bertz CT molecular complexity index is 924. The molecule has 0 aliphatic rings. The Morgan fingerprint density at radius 1 is 1.20 bits per heavy atom. The van der Waals surface area contributed by atoms with Crippen LogP contribution >= 0.6 is 0 Å². The molecule has 0 amide bonds. The van der Waals surface area contributed by atoms with E-state index in [1.807, 2.05) is 16.7 Å². The smallest absolute Gasteiger partial charge is 0.239 e. The molecule has 2 aromatic heterocycles. The number of tetrazole rings is 1. The Balaban J connectivity index is 1.70. The number of hydrogen-bond donors (Lipinski definition) is 2. The molecule has 0 saturated heterocycles. The predicted molar refractivity (Wildman–Crippen MR) is 89.1 cm³/mol. The van der Waals surface area contributed by atoms with E-state index in [-0.39, 0.29) is 23.2 Å². The number of benzene rings is 1. The van der Waals surface area contributed by atoms with E-state index in [4.69, 9.17) is 0 Å². The summed E-state index contributed by atoms with van der Waals surface area (Å²) >= 11 is 0. The van der Waals surface area contributed by atoms with Gasteiger partial charge in [-0.2, -0.15) is 5.21 Å². The van der Waals surface area contributed by atoms with Crippen molar-refractivity contribution in [3.63, 3.8) is 0 Å². The van der Waals surface area contributed by atoms with Gasteiger partial charge in [-0.15, -0.1) is 10.2 Å². The number of H-pyrrole nitrogens is 1. The van der Waals surface area contributed by atoms with Crippen LogP contribution in [0.1, 0.15) is 39.0 Å². The summed E-state index contributed by atoms with van der Waals surface area (Å²) in [4.78, 5) is 23.4. The molecule has 0 unspecified atom stereocenters. The molecule has 2 N–H and O–H groups in total. The van der Waals surface area contributed by atoms with Crippen LogP contribution in [0.15, 0.2) is 48.8 Å². The van der Waals surface area contributed by atoms with Crippen LogP contribution in [-0.4, -0.2) is 41.9 Å². The van der Waals surface area contributed by atoms with E-state index in [0.717, 1.165) is 11.6 Å². The van der Waals surface area contributed by atoms with E-state index in [0.29, 0.717) is 17.7 Å². The second-order valence-electron chi connectivity index (χ2n) is 5.45. The zero-order chi connectivity index (χ0) is 17.8. The van der Waals surface area contributed by atoms with Crippen molar-refractivity contribution in [3.05, 3.63) is 71.3 Å². The Hall–Kier alpha value is -3.55.